The summed E-state index contributed by atoms with van der Waals surface area (Å²) in [6, 6.07) is 6.21. The molecule has 0 bridgehead atoms. The van der Waals surface area contributed by atoms with E-state index in [9.17, 15) is 9.59 Å². The Morgan fingerprint density at radius 2 is 2.17 bits per heavy atom. The molecule has 6 heteroatoms. The molecule has 0 N–H and O–H groups in total. The highest BCUT2D eigenvalue weighted by Gasteiger charge is 2.17. The second-order valence-electron chi connectivity index (χ2n) is 4.93. The first-order valence-electron chi connectivity index (χ1n) is 6.83. The monoisotopic (exact) mass is 329 g/mol. The van der Waals surface area contributed by atoms with Crippen molar-refractivity contribution in [1.82, 2.24) is 4.98 Å². The molecule has 0 aliphatic rings. The van der Waals surface area contributed by atoms with Gasteiger partial charge in [-0.25, -0.2) is 9.78 Å². The van der Waals surface area contributed by atoms with Gasteiger partial charge in [0.2, 0.25) is 11.1 Å². The van der Waals surface area contributed by atoms with Crippen molar-refractivity contribution in [2.24, 2.45) is 0 Å². The largest absolute Gasteiger partial charge is 0.458 e. The van der Waals surface area contributed by atoms with Crippen LogP contribution in [0, 0.1) is 6.92 Å². The van der Waals surface area contributed by atoms with Crippen LogP contribution >= 0.6 is 11.6 Å². The molecule has 2 aromatic heterocycles. The van der Waals surface area contributed by atoms with Crippen molar-refractivity contribution in [1.29, 1.82) is 0 Å². The van der Waals surface area contributed by atoms with Crippen molar-refractivity contribution in [2.75, 3.05) is 6.61 Å². The highest BCUT2D eigenvalue weighted by Crippen LogP contribution is 2.22. The Hall–Kier alpha value is -2.66. The number of aryl methyl sites for hydroxylation is 1. The third kappa shape index (κ3) is 2.71. The van der Waals surface area contributed by atoms with Gasteiger partial charge in [0.1, 0.15) is 12.2 Å². The van der Waals surface area contributed by atoms with Crippen molar-refractivity contribution in [3.63, 3.8) is 0 Å². The van der Waals surface area contributed by atoms with E-state index in [4.69, 9.17) is 20.8 Å². The summed E-state index contributed by atoms with van der Waals surface area (Å²) < 4.78 is 10.6. The summed E-state index contributed by atoms with van der Waals surface area (Å²) >= 11 is 5.93. The smallest absolute Gasteiger partial charge is 0.340 e. The van der Waals surface area contributed by atoms with E-state index in [2.05, 4.69) is 11.6 Å². The zero-order chi connectivity index (χ0) is 16.6. The fraction of sp³-hybridized carbons (Fsp3) is 0.118. The van der Waals surface area contributed by atoms with Gasteiger partial charge in [-0.1, -0.05) is 24.3 Å². The molecule has 0 fully saturated rings. The topological polar surface area (TPSA) is 69.4 Å². The number of pyridine rings is 1. The predicted molar refractivity (Wildman–Crippen MR) is 88.0 cm³/mol. The lowest BCUT2D eigenvalue weighted by atomic mass is 10.1. The molecule has 23 heavy (non-hydrogen) atoms. The third-order valence-electron chi connectivity index (χ3n) is 3.37. The summed E-state index contributed by atoms with van der Waals surface area (Å²) in [6.45, 7) is 5.22. The van der Waals surface area contributed by atoms with E-state index < -0.39 is 5.97 Å². The second-order valence-corrected chi connectivity index (χ2v) is 5.37. The lowest BCUT2D eigenvalue weighted by Crippen LogP contribution is -2.11. The van der Waals surface area contributed by atoms with Crippen molar-refractivity contribution in [3.8, 4) is 0 Å². The number of hydrogen-bond acceptors (Lipinski definition) is 5. The lowest BCUT2D eigenvalue weighted by Gasteiger charge is -2.07. The molecule has 0 unspecified atom stereocenters. The molecule has 0 atom stereocenters. The maximum atomic E-state index is 12.6. The van der Waals surface area contributed by atoms with Gasteiger partial charge in [-0.05, 0) is 31.2 Å². The quantitative estimate of drug-likeness (QED) is 0.417. The minimum absolute atomic E-state index is 0.0816. The number of ether oxygens (including phenoxy) is 1. The maximum Gasteiger partial charge on any atom is 0.340 e. The van der Waals surface area contributed by atoms with Gasteiger partial charge in [-0.2, -0.15) is 0 Å². The zero-order valence-electron chi connectivity index (χ0n) is 12.3. The molecule has 3 rings (SSSR count). The van der Waals surface area contributed by atoms with E-state index in [1.54, 1.807) is 19.1 Å². The number of carbonyl (C=O) groups excluding carboxylic acids is 1. The molecule has 0 saturated heterocycles. The van der Waals surface area contributed by atoms with Gasteiger partial charge in [0, 0.05) is 5.02 Å². The Morgan fingerprint density at radius 3 is 2.91 bits per heavy atom. The van der Waals surface area contributed by atoms with Crippen LogP contribution in [0.25, 0.3) is 22.1 Å². The van der Waals surface area contributed by atoms with Crippen molar-refractivity contribution in [2.45, 2.75) is 6.92 Å². The van der Waals surface area contributed by atoms with Crippen LogP contribution in [0.2, 0.25) is 5.02 Å². The lowest BCUT2D eigenvalue weighted by molar-refractivity contribution is 0.0548. The van der Waals surface area contributed by atoms with E-state index >= 15 is 0 Å². The third-order valence-corrected chi connectivity index (χ3v) is 3.60. The highest BCUT2D eigenvalue weighted by atomic mass is 35.5. The van der Waals surface area contributed by atoms with Crippen LogP contribution in [0.1, 0.15) is 16.1 Å². The van der Waals surface area contributed by atoms with E-state index in [1.165, 1.54) is 18.2 Å². The number of aromatic nitrogens is 1. The molecule has 0 radical (unpaired) electrons. The first-order valence-corrected chi connectivity index (χ1v) is 7.21. The van der Waals surface area contributed by atoms with Gasteiger partial charge in [-0.15, -0.1) is 0 Å². The van der Waals surface area contributed by atoms with E-state index in [-0.39, 0.29) is 28.7 Å². The molecule has 116 valence electrons. The fourth-order valence-electron chi connectivity index (χ4n) is 2.26. The molecule has 3 aromatic rings. The Morgan fingerprint density at radius 1 is 1.39 bits per heavy atom. The number of benzene rings is 1. The summed E-state index contributed by atoms with van der Waals surface area (Å²) in [5.41, 5.74) is 0.897. The number of hydrogen-bond donors (Lipinski definition) is 0. The zero-order valence-corrected chi connectivity index (χ0v) is 13.0. The van der Waals surface area contributed by atoms with Gasteiger partial charge >= 0.3 is 5.97 Å². The molecular weight excluding hydrogens is 318 g/mol. The number of halogens is 1. The highest BCUT2D eigenvalue weighted by molar-refractivity contribution is 6.31. The van der Waals surface area contributed by atoms with Gasteiger partial charge in [0.25, 0.3) is 0 Å². The molecule has 0 spiro atoms. The van der Waals surface area contributed by atoms with Crippen LogP contribution in [-0.2, 0) is 4.74 Å². The molecule has 0 aliphatic carbocycles. The minimum atomic E-state index is -0.567. The molecule has 5 nitrogen and oxygen atoms in total. The predicted octanol–water partition coefficient (Wildman–Crippen LogP) is 3.65. The number of nitrogens with zero attached hydrogens (tertiary/aromatic N) is 1. The van der Waals surface area contributed by atoms with Crippen LogP contribution in [0.5, 0.6) is 0 Å². The van der Waals surface area contributed by atoms with Crippen LogP contribution in [0.15, 0.2) is 46.1 Å². The van der Waals surface area contributed by atoms with Crippen molar-refractivity contribution < 1.29 is 13.9 Å². The Bertz CT molecular complexity index is 1010. The number of esters is 1. The van der Waals surface area contributed by atoms with E-state index in [1.807, 2.05) is 0 Å². The summed E-state index contributed by atoms with van der Waals surface area (Å²) in [5.74, 6) is -0.567. The average Bonchev–Trinajstić information content (AvgIpc) is 2.53. The van der Waals surface area contributed by atoms with Gasteiger partial charge in [-0.3, -0.25) is 4.79 Å². The SMILES string of the molecule is C=CCOC(=O)c1cc2c(=O)c3cc(Cl)ccc3oc2nc1C. The summed E-state index contributed by atoms with van der Waals surface area (Å²) in [6.07, 6.45) is 1.46. The van der Waals surface area contributed by atoms with E-state index in [0.29, 0.717) is 21.7 Å². The van der Waals surface area contributed by atoms with E-state index in [0.717, 1.165) is 0 Å². The molecule has 0 saturated carbocycles. The molecule has 1 aromatic carbocycles. The molecular formula is C17H12ClNO4. The van der Waals surface area contributed by atoms with Crippen LogP contribution in [0.4, 0.5) is 0 Å². The standard InChI is InChI=1S/C17H12ClNO4/c1-3-6-22-17(21)11-8-13-15(20)12-7-10(18)4-5-14(12)23-16(13)19-9(11)2/h3-5,7-8H,1,6H2,2H3. The summed E-state index contributed by atoms with van der Waals surface area (Å²) in [4.78, 5) is 28.9. The van der Waals surface area contributed by atoms with Crippen molar-refractivity contribution >= 4 is 39.6 Å². The summed E-state index contributed by atoms with van der Waals surface area (Å²) in [5, 5.41) is 0.965. The molecule has 0 aliphatic heterocycles. The fourth-order valence-corrected chi connectivity index (χ4v) is 2.43. The van der Waals surface area contributed by atoms with Gasteiger partial charge < -0.3 is 9.15 Å². The normalized spacial score (nSPS) is 10.9. The first kappa shape index (κ1) is 15.2. The van der Waals surface area contributed by atoms with Crippen LogP contribution < -0.4 is 5.43 Å². The van der Waals surface area contributed by atoms with Crippen LogP contribution in [-0.4, -0.2) is 17.6 Å². The molecule has 2 heterocycles. The first-order chi connectivity index (χ1) is 11.0. The number of fused-ring (bicyclic) bond motifs is 2. The van der Waals surface area contributed by atoms with Gasteiger partial charge in [0.15, 0.2) is 0 Å². The Kier molecular flexibility index (Phi) is 3.88. The summed E-state index contributed by atoms with van der Waals surface area (Å²) in [7, 11) is 0. The maximum absolute atomic E-state index is 12.6. The minimum Gasteiger partial charge on any atom is -0.458 e. The number of rotatable bonds is 3. The number of carbonyl (C=O) groups is 1. The second kappa shape index (κ2) is 5.85. The Balaban J connectivity index is 2.27. The Labute approximate surface area is 136 Å². The van der Waals surface area contributed by atoms with Crippen molar-refractivity contribution in [3.05, 3.63) is 63.4 Å². The van der Waals surface area contributed by atoms with Crippen LogP contribution in [0.3, 0.4) is 0 Å². The van der Waals surface area contributed by atoms with Gasteiger partial charge in [0.05, 0.1) is 22.0 Å². The average molecular weight is 330 g/mol. The molecule has 0 amide bonds.